The number of amides is 1. The summed E-state index contributed by atoms with van der Waals surface area (Å²) in [4.78, 5) is 25.3. The van der Waals surface area contributed by atoms with Crippen molar-refractivity contribution in [3.63, 3.8) is 0 Å². The highest BCUT2D eigenvalue weighted by Crippen LogP contribution is 2.29. The number of aliphatic hydroxyl groups excluding tert-OH is 1. The van der Waals surface area contributed by atoms with Gasteiger partial charge in [0.05, 0.1) is 5.56 Å². The molecule has 2 aromatic carbocycles. The number of nitrogens with zero attached hydrogens (tertiary/aromatic N) is 3. The van der Waals surface area contributed by atoms with E-state index in [-0.39, 0.29) is 12.4 Å². The van der Waals surface area contributed by atoms with E-state index in [1.165, 1.54) is 0 Å². The van der Waals surface area contributed by atoms with Gasteiger partial charge in [-0.05, 0) is 25.1 Å². The molecule has 1 atom stereocenters. The van der Waals surface area contributed by atoms with Crippen molar-refractivity contribution in [2.24, 2.45) is 0 Å². The third-order valence-corrected chi connectivity index (χ3v) is 4.83. The Bertz CT molecular complexity index is 1270. The number of carbonyl (C=O) groups is 1. The van der Waals surface area contributed by atoms with Crippen molar-refractivity contribution in [3.05, 3.63) is 69.7 Å². The van der Waals surface area contributed by atoms with Gasteiger partial charge in [0.25, 0.3) is 12.3 Å². The van der Waals surface area contributed by atoms with E-state index < -0.39 is 77.5 Å². The lowest BCUT2D eigenvalue weighted by Crippen LogP contribution is -2.29. The highest BCUT2D eigenvalue weighted by Gasteiger charge is 2.28. The maximum Gasteiger partial charge on any atom is 0.350 e. The van der Waals surface area contributed by atoms with Gasteiger partial charge in [0, 0.05) is 12.6 Å². The smallest absolute Gasteiger partial charge is 0.350 e. The molecule has 0 bridgehead atoms. The molecule has 1 amide bonds. The first-order valence-corrected chi connectivity index (χ1v) is 10.0. The zero-order chi connectivity index (χ0) is 25.9. The Kier molecular flexibility index (Phi) is 7.84. The number of para-hydroxylation sites is 1. The molecule has 0 aliphatic heterocycles. The molecule has 3 rings (SSSR count). The maximum atomic E-state index is 15.0. The molecule has 0 radical (unpaired) electrons. The fraction of sp³-hybridized carbons (Fsp3) is 0.286. The summed E-state index contributed by atoms with van der Waals surface area (Å²) in [7, 11) is 0. The van der Waals surface area contributed by atoms with Crippen LogP contribution in [0.5, 0.6) is 5.75 Å². The quantitative estimate of drug-likeness (QED) is 0.437. The van der Waals surface area contributed by atoms with Crippen LogP contribution in [0.1, 0.15) is 23.1 Å². The van der Waals surface area contributed by atoms with E-state index in [2.05, 4.69) is 5.10 Å². The Hall–Kier alpha value is -3.81. The molecule has 0 aliphatic carbocycles. The normalized spacial score (nSPS) is 12.1. The minimum absolute atomic E-state index is 0.0453. The second kappa shape index (κ2) is 10.6. The fourth-order valence-corrected chi connectivity index (χ4v) is 3.12. The lowest BCUT2D eigenvalue weighted by atomic mass is 10.1. The van der Waals surface area contributed by atoms with Gasteiger partial charge < -0.3 is 15.2 Å². The van der Waals surface area contributed by atoms with Gasteiger partial charge in [-0.15, -0.1) is 5.10 Å². The number of alkyl halides is 3. The van der Waals surface area contributed by atoms with Crippen LogP contribution in [0, 0.1) is 17.5 Å². The predicted molar refractivity (Wildman–Crippen MR) is 110 cm³/mol. The first-order valence-electron chi connectivity index (χ1n) is 10.0. The Labute approximate surface area is 193 Å². The van der Waals surface area contributed by atoms with Crippen molar-refractivity contribution < 1.29 is 41.0 Å². The lowest BCUT2D eigenvalue weighted by molar-refractivity contribution is -0.00159. The monoisotopic (exact) mass is 504 g/mol. The van der Waals surface area contributed by atoms with E-state index in [1.54, 1.807) is 6.92 Å². The highest BCUT2D eigenvalue weighted by molar-refractivity contribution is 6.06. The largest absolute Gasteiger partial charge is 0.481 e. The van der Waals surface area contributed by atoms with Crippen LogP contribution in [0.2, 0.25) is 0 Å². The highest BCUT2D eigenvalue weighted by atomic mass is 19.3. The van der Waals surface area contributed by atoms with Gasteiger partial charge in [0.15, 0.2) is 11.9 Å². The first-order chi connectivity index (χ1) is 16.6. The molecule has 35 heavy (non-hydrogen) atoms. The van der Waals surface area contributed by atoms with E-state index in [4.69, 9.17) is 4.74 Å². The van der Waals surface area contributed by atoms with Crippen LogP contribution in [0.4, 0.5) is 32.0 Å². The van der Waals surface area contributed by atoms with Crippen LogP contribution in [-0.2, 0) is 13.2 Å². The van der Waals surface area contributed by atoms with Crippen molar-refractivity contribution in [3.8, 4) is 11.4 Å². The van der Waals surface area contributed by atoms with Crippen LogP contribution >= 0.6 is 0 Å². The second-order valence-electron chi connectivity index (χ2n) is 7.01. The molecule has 0 saturated carbocycles. The van der Waals surface area contributed by atoms with Gasteiger partial charge in [0.1, 0.15) is 47.9 Å². The minimum atomic E-state index is -3.36. The van der Waals surface area contributed by atoms with E-state index in [1.807, 2.05) is 5.32 Å². The third kappa shape index (κ3) is 5.16. The van der Waals surface area contributed by atoms with Crippen LogP contribution in [0.3, 0.4) is 0 Å². The summed E-state index contributed by atoms with van der Waals surface area (Å²) in [6, 6.07) is 3.76. The van der Waals surface area contributed by atoms with Crippen molar-refractivity contribution in [1.82, 2.24) is 14.3 Å². The standard InChI is InChI=1S/C21H18F6N4O4/c1-2-30-17(9-32)29-31(21(30)34)14-7-15(35-16(8-22)19(26)27)10(6-13(14)25)20(33)28-18-11(23)4-3-5-12(18)24/h3-7,16,19,32H,2,8-9H2,1H3,(H,28,33)/t16-/m0/s1. The molecule has 0 unspecified atom stereocenters. The number of nitrogens with one attached hydrogen (secondary N) is 1. The molecule has 1 aromatic heterocycles. The van der Waals surface area contributed by atoms with Crippen molar-refractivity contribution in [2.75, 3.05) is 12.0 Å². The molecule has 8 nitrogen and oxygen atoms in total. The van der Waals surface area contributed by atoms with Crippen molar-refractivity contribution in [1.29, 1.82) is 0 Å². The summed E-state index contributed by atoms with van der Waals surface area (Å²) in [6.45, 7) is -0.803. The van der Waals surface area contributed by atoms with E-state index >= 15 is 4.39 Å². The summed E-state index contributed by atoms with van der Waals surface area (Å²) in [5.41, 5.74) is -3.32. The van der Waals surface area contributed by atoms with E-state index in [0.29, 0.717) is 16.8 Å². The number of carbonyl (C=O) groups excluding carboxylic acids is 1. The van der Waals surface area contributed by atoms with Gasteiger partial charge in [-0.25, -0.2) is 31.1 Å². The topological polar surface area (TPSA) is 98.4 Å². The Morgan fingerprint density at radius 3 is 2.34 bits per heavy atom. The summed E-state index contributed by atoms with van der Waals surface area (Å²) in [5, 5.41) is 15.0. The van der Waals surface area contributed by atoms with Crippen LogP contribution in [-0.4, -0.2) is 44.6 Å². The number of ether oxygens (including phenoxy) is 1. The first kappa shape index (κ1) is 25.8. The number of rotatable bonds is 9. The lowest BCUT2D eigenvalue weighted by Gasteiger charge is -2.19. The molecule has 188 valence electrons. The average Bonchev–Trinajstić information content (AvgIpc) is 3.15. The molecule has 14 heteroatoms. The Morgan fingerprint density at radius 2 is 1.83 bits per heavy atom. The van der Waals surface area contributed by atoms with Gasteiger partial charge in [-0.1, -0.05) is 6.07 Å². The number of hydrogen-bond donors (Lipinski definition) is 2. The van der Waals surface area contributed by atoms with Crippen molar-refractivity contribution >= 4 is 11.6 Å². The molecule has 3 aromatic rings. The Morgan fingerprint density at radius 1 is 1.17 bits per heavy atom. The minimum Gasteiger partial charge on any atom is -0.481 e. The molecular weight excluding hydrogens is 486 g/mol. The number of hydrogen-bond acceptors (Lipinski definition) is 5. The zero-order valence-corrected chi connectivity index (χ0v) is 17.9. The molecule has 1 heterocycles. The number of halogens is 6. The van der Waals surface area contributed by atoms with E-state index in [0.717, 1.165) is 22.8 Å². The van der Waals surface area contributed by atoms with Gasteiger partial charge in [0.2, 0.25) is 0 Å². The fourth-order valence-electron chi connectivity index (χ4n) is 3.12. The van der Waals surface area contributed by atoms with Crippen LogP contribution in [0.15, 0.2) is 35.1 Å². The zero-order valence-electron chi connectivity index (χ0n) is 17.9. The summed E-state index contributed by atoms with van der Waals surface area (Å²) >= 11 is 0. The molecule has 0 spiro atoms. The van der Waals surface area contributed by atoms with Crippen LogP contribution < -0.4 is 15.7 Å². The number of anilines is 1. The Balaban J connectivity index is 2.15. The van der Waals surface area contributed by atoms with Crippen LogP contribution in [0.25, 0.3) is 5.69 Å². The summed E-state index contributed by atoms with van der Waals surface area (Å²) < 4.78 is 88.7. The molecule has 0 aliphatic rings. The average molecular weight is 504 g/mol. The molecule has 0 saturated heterocycles. The third-order valence-electron chi connectivity index (χ3n) is 4.83. The molecular formula is C21H18F6N4O4. The van der Waals surface area contributed by atoms with Crippen molar-refractivity contribution in [2.45, 2.75) is 32.6 Å². The number of aromatic nitrogens is 3. The van der Waals surface area contributed by atoms with Gasteiger partial charge in [-0.2, -0.15) is 4.68 Å². The van der Waals surface area contributed by atoms with E-state index in [9.17, 15) is 36.6 Å². The molecule has 0 fully saturated rings. The SMILES string of the molecule is CCn1c(CO)nn(-c2cc(O[C@@H](CF)C(F)F)c(C(=O)Nc3c(F)cccc3F)cc2F)c1=O. The molecule has 2 N–H and O–H groups in total. The predicted octanol–water partition coefficient (Wildman–Crippen LogP) is 3.20. The van der Waals surface area contributed by atoms with Gasteiger partial charge >= 0.3 is 5.69 Å². The summed E-state index contributed by atoms with van der Waals surface area (Å²) in [5.74, 6) is -5.98. The summed E-state index contributed by atoms with van der Waals surface area (Å²) in [6.07, 6.45) is -5.75. The number of benzene rings is 2. The maximum absolute atomic E-state index is 15.0. The van der Waals surface area contributed by atoms with Gasteiger partial charge in [-0.3, -0.25) is 9.36 Å². The second-order valence-corrected chi connectivity index (χ2v) is 7.01. The number of aliphatic hydroxyl groups is 1.